The molecule has 0 spiro atoms. The molecule has 0 radical (unpaired) electrons. The van der Waals surface area contributed by atoms with E-state index in [0.717, 1.165) is 29.4 Å². The Morgan fingerprint density at radius 3 is 2.69 bits per heavy atom. The summed E-state index contributed by atoms with van der Waals surface area (Å²) in [6.45, 7) is 1.89. The predicted molar refractivity (Wildman–Crippen MR) is 110 cm³/mol. The van der Waals surface area contributed by atoms with Crippen LogP contribution in [0, 0.1) is 5.82 Å². The lowest BCUT2D eigenvalue weighted by molar-refractivity contribution is -0.141. The van der Waals surface area contributed by atoms with Crippen molar-refractivity contribution < 1.29 is 13.9 Å². The van der Waals surface area contributed by atoms with Crippen LogP contribution in [0.5, 0.6) is 0 Å². The number of nitrogens with two attached hydrogens (primary N) is 1. The molecular formula is C20H20FN5O2S. The Bertz CT molecular complexity index is 1000. The van der Waals surface area contributed by atoms with Crippen LogP contribution >= 0.6 is 11.8 Å². The van der Waals surface area contributed by atoms with Crippen LogP contribution in [0.3, 0.4) is 0 Å². The molecule has 0 aliphatic carbocycles. The van der Waals surface area contributed by atoms with E-state index in [4.69, 9.17) is 10.5 Å². The molecule has 0 aliphatic heterocycles. The highest BCUT2D eigenvalue weighted by Gasteiger charge is 2.11. The standard InChI is InChI=1S/C20H20FN5O2S/c1-2-13-7-3-5-9-15(13)23-20-25-17(24-19(22)26-20)11-28-18(27)12-29-16-10-6-4-8-14(16)21/h3-10H,2,11-12H2,1H3,(H3,22,23,24,25,26). The van der Waals surface area contributed by atoms with Crippen LogP contribution in [-0.4, -0.2) is 26.7 Å². The highest BCUT2D eigenvalue weighted by Crippen LogP contribution is 2.22. The number of aromatic nitrogens is 3. The highest BCUT2D eigenvalue weighted by atomic mass is 32.2. The minimum atomic E-state index is -0.511. The largest absolute Gasteiger partial charge is 0.457 e. The number of esters is 1. The fraction of sp³-hybridized carbons (Fsp3) is 0.200. The molecule has 3 N–H and O–H groups in total. The molecule has 0 amide bonds. The third-order valence-corrected chi connectivity index (χ3v) is 4.91. The van der Waals surface area contributed by atoms with Gasteiger partial charge in [0.1, 0.15) is 5.82 Å². The van der Waals surface area contributed by atoms with Gasteiger partial charge in [-0.15, -0.1) is 11.8 Å². The maximum atomic E-state index is 13.6. The molecule has 0 saturated heterocycles. The van der Waals surface area contributed by atoms with E-state index in [2.05, 4.69) is 20.3 Å². The van der Waals surface area contributed by atoms with E-state index in [1.54, 1.807) is 18.2 Å². The van der Waals surface area contributed by atoms with E-state index < -0.39 is 5.97 Å². The van der Waals surface area contributed by atoms with E-state index in [0.29, 0.717) is 4.90 Å². The number of hydrogen-bond acceptors (Lipinski definition) is 8. The van der Waals surface area contributed by atoms with Crippen molar-refractivity contribution in [1.29, 1.82) is 0 Å². The number of benzene rings is 2. The highest BCUT2D eigenvalue weighted by molar-refractivity contribution is 8.00. The Morgan fingerprint density at radius 1 is 1.14 bits per heavy atom. The van der Waals surface area contributed by atoms with E-state index in [1.165, 1.54) is 6.07 Å². The lowest BCUT2D eigenvalue weighted by Crippen LogP contribution is -2.12. The number of para-hydroxylation sites is 1. The first kappa shape index (κ1) is 20.5. The van der Waals surface area contributed by atoms with Crippen LogP contribution in [0.1, 0.15) is 18.3 Å². The van der Waals surface area contributed by atoms with Crippen molar-refractivity contribution in [3.05, 3.63) is 65.7 Å². The van der Waals surface area contributed by atoms with Gasteiger partial charge in [0.25, 0.3) is 0 Å². The lowest BCUT2D eigenvalue weighted by atomic mass is 10.1. The van der Waals surface area contributed by atoms with Gasteiger partial charge in [0, 0.05) is 10.6 Å². The minimum Gasteiger partial charge on any atom is -0.457 e. The summed E-state index contributed by atoms with van der Waals surface area (Å²) in [6, 6.07) is 14.0. The molecule has 0 atom stereocenters. The normalized spacial score (nSPS) is 10.6. The number of carbonyl (C=O) groups is 1. The average molecular weight is 413 g/mol. The van der Waals surface area contributed by atoms with E-state index in [1.807, 2.05) is 31.2 Å². The summed E-state index contributed by atoms with van der Waals surface area (Å²) in [7, 11) is 0. The van der Waals surface area contributed by atoms with Crippen LogP contribution < -0.4 is 11.1 Å². The molecule has 29 heavy (non-hydrogen) atoms. The molecule has 0 bridgehead atoms. The van der Waals surface area contributed by atoms with Crippen molar-refractivity contribution in [2.45, 2.75) is 24.8 Å². The minimum absolute atomic E-state index is 0.0169. The fourth-order valence-corrected chi connectivity index (χ4v) is 3.25. The number of halogens is 1. The number of nitrogens with one attached hydrogen (secondary N) is 1. The third kappa shape index (κ3) is 5.89. The Hall–Kier alpha value is -3.20. The Morgan fingerprint density at radius 2 is 1.90 bits per heavy atom. The van der Waals surface area contributed by atoms with Crippen LogP contribution in [0.25, 0.3) is 0 Å². The van der Waals surface area contributed by atoms with Gasteiger partial charge in [-0.05, 0) is 30.2 Å². The van der Waals surface area contributed by atoms with Crippen molar-refractivity contribution in [2.75, 3.05) is 16.8 Å². The Kier molecular flexibility index (Phi) is 6.96. The van der Waals surface area contributed by atoms with Gasteiger partial charge >= 0.3 is 5.97 Å². The number of carbonyl (C=O) groups excluding carboxylic acids is 1. The van der Waals surface area contributed by atoms with Gasteiger partial charge in [-0.1, -0.05) is 37.3 Å². The molecule has 9 heteroatoms. The maximum absolute atomic E-state index is 13.6. The second-order valence-corrected chi connectivity index (χ2v) is 6.97. The van der Waals surface area contributed by atoms with E-state index in [-0.39, 0.29) is 35.9 Å². The van der Waals surface area contributed by atoms with Crippen molar-refractivity contribution in [3.8, 4) is 0 Å². The number of aryl methyl sites for hydroxylation is 1. The maximum Gasteiger partial charge on any atom is 0.316 e. The van der Waals surface area contributed by atoms with Crippen LogP contribution in [-0.2, 0) is 22.6 Å². The molecule has 0 aliphatic rings. The summed E-state index contributed by atoms with van der Waals surface area (Å²) in [5.41, 5.74) is 7.72. The zero-order valence-electron chi connectivity index (χ0n) is 15.8. The fourth-order valence-electron chi connectivity index (χ4n) is 2.51. The smallest absolute Gasteiger partial charge is 0.316 e. The quantitative estimate of drug-likeness (QED) is 0.425. The van der Waals surface area contributed by atoms with Crippen molar-refractivity contribution >= 4 is 35.3 Å². The van der Waals surface area contributed by atoms with Crippen LogP contribution in [0.4, 0.5) is 22.0 Å². The molecule has 0 saturated carbocycles. The Labute approximate surface area is 171 Å². The molecule has 1 heterocycles. The molecule has 2 aromatic carbocycles. The molecule has 150 valence electrons. The van der Waals surface area contributed by atoms with Gasteiger partial charge in [-0.3, -0.25) is 4.79 Å². The van der Waals surface area contributed by atoms with Gasteiger partial charge in [0.15, 0.2) is 12.4 Å². The van der Waals surface area contributed by atoms with Crippen LogP contribution in [0.2, 0.25) is 0 Å². The third-order valence-electron chi connectivity index (χ3n) is 3.89. The number of nitrogens with zero attached hydrogens (tertiary/aromatic N) is 3. The number of rotatable bonds is 8. The lowest BCUT2D eigenvalue weighted by Gasteiger charge is -2.11. The summed E-state index contributed by atoms with van der Waals surface area (Å²) in [5, 5.41) is 3.12. The predicted octanol–water partition coefficient (Wildman–Crippen LogP) is 3.73. The van der Waals surface area contributed by atoms with E-state index >= 15 is 0 Å². The topological polar surface area (TPSA) is 103 Å². The van der Waals surface area contributed by atoms with Gasteiger partial charge < -0.3 is 15.8 Å². The van der Waals surface area contributed by atoms with Gasteiger partial charge in [0.2, 0.25) is 11.9 Å². The van der Waals surface area contributed by atoms with Gasteiger partial charge in [-0.25, -0.2) is 4.39 Å². The first-order valence-corrected chi connectivity index (χ1v) is 9.92. The summed E-state index contributed by atoms with van der Waals surface area (Å²) in [5.74, 6) is -0.412. The number of thioether (sulfide) groups is 1. The molecule has 1 aromatic heterocycles. The molecule has 3 aromatic rings. The van der Waals surface area contributed by atoms with Gasteiger partial charge in [0.05, 0.1) is 5.75 Å². The molecule has 0 unspecified atom stereocenters. The summed E-state index contributed by atoms with van der Waals surface area (Å²) in [4.78, 5) is 24.7. The molecular weight excluding hydrogens is 393 g/mol. The number of hydrogen-bond donors (Lipinski definition) is 2. The second-order valence-electron chi connectivity index (χ2n) is 5.95. The molecule has 7 nitrogen and oxygen atoms in total. The SMILES string of the molecule is CCc1ccccc1Nc1nc(N)nc(COC(=O)CSc2ccccc2F)n1. The second kappa shape index (κ2) is 9.83. The number of anilines is 3. The van der Waals surface area contributed by atoms with E-state index in [9.17, 15) is 9.18 Å². The average Bonchev–Trinajstić information content (AvgIpc) is 2.71. The van der Waals surface area contributed by atoms with Crippen molar-refractivity contribution in [2.24, 2.45) is 0 Å². The van der Waals surface area contributed by atoms with Crippen molar-refractivity contribution in [1.82, 2.24) is 15.0 Å². The summed E-state index contributed by atoms with van der Waals surface area (Å²) in [6.07, 6.45) is 0.841. The zero-order valence-corrected chi connectivity index (χ0v) is 16.6. The molecule has 3 rings (SSSR count). The summed E-state index contributed by atoms with van der Waals surface area (Å²) >= 11 is 1.06. The number of ether oxygens (including phenoxy) is 1. The Balaban J connectivity index is 1.59. The van der Waals surface area contributed by atoms with Gasteiger partial charge in [-0.2, -0.15) is 15.0 Å². The first-order valence-electron chi connectivity index (χ1n) is 8.93. The van der Waals surface area contributed by atoms with Crippen LogP contribution in [0.15, 0.2) is 53.4 Å². The zero-order chi connectivity index (χ0) is 20.6. The first-order chi connectivity index (χ1) is 14.0. The summed E-state index contributed by atoms with van der Waals surface area (Å²) < 4.78 is 18.8. The monoisotopic (exact) mass is 413 g/mol. The molecule has 0 fully saturated rings. The van der Waals surface area contributed by atoms with Crippen molar-refractivity contribution in [3.63, 3.8) is 0 Å². The number of nitrogen functional groups attached to an aromatic ring is 1.